The smallest absolute Gasteiger partial charge is 0.256 e. The fourth-order valence-electron chi connectivity index (χ4n) is 3.42. The van der Waals surface area contributed by atoms with Crippen molar-refractivity contribution in [3.05, 3.63) is 65.2 Å². The van der Waals surface area contributed by atoms with Crippen molar-refractivity contribution in [2.75, 3.05) is 13.2 Å². The van der Waals surface area contributed by atoms with Crippen LogP contribution in [0.4, 0.5) is 4.39 Å². The lowest BCUT2D eigenvalue weighted by Crippen LogP contribution is -2.41. The quantitative estimate of drug-likeness (QED) is 0.760. The summed E-state index contributed by atoms with van der Waals surface area (Å²) in [6, 6.07) is 9.86. The first-order valence-electron chi connectivity index (χ1n) is 7.81. The van der Waals surface area contributed by atoms with Crippen molar-refractivity contribution >= 4 is 16.9 Å². The Hall–Kier alpha value is -2.73. The number of hydrogen-bond donors (Lipinski definition) is 2. The normalized spacial score (nSPS) is 17.1. The summed E-state index contributed by atoms with van der Waals surface area (Å²) in [6.45, 7) is 0.297. The maximum atomic E-state index is 13.9. The summed E-state index contributed by atoms with van der Waals surface area (Å²) in [5, 5.41) is 9.84. The van der Waals surface area contributed by atoms with E-state index in [0.717, 1.165) is 11.1 Å². The first-order chi connectivity index (χ1) is 11.7. The highest BCUT2D eigenvalue weighted by Gasteiger charge is 2.32. The topological polar surface area (TPSA) is 69.2 Å². The van der Waals surface area contributed by atoms with Gasteiger partial charge in [-0.3, -0.25) is 4.79 Å². The number of fused-ring (bicyclic) bond motifs is 2. The lowest BCUT2D eigenvalue weighted by Gasteiger charge is -2.36. The van der Waals surface area contributed by atoms with E-state index in [1.54, 1.807) is 4.90 Å². The molecule has 0 bridgehead atoms. The van der Waals surface area contributed by atoms with Crippen LogP contribution in [-0.2, 0) is 6.42 Å². The predicted octanol–water partition coefficient (Wildman–Crippen LogP) is 2.43. The minimum atomic E-state index is -0.493. The lowest BCUT2D eigenvalue weighted by atomic mass is 9.92. The molecular weight excluding hydrogens is 309 g/mol. The van der Waals surface area contributed by atoms with E-state index in [1.165, 1.54) is 18.5 Å². The standard InChI is InChI=1S/C18H16FN3O2/c19-12-7-14(17-15(8-12)20-10-21-17)18(24)22-6-5-11-3-1-2-4-13(11)16(22)9-23/h1-4,7-8,10,16,23H,5-6,9H2,(H,20,21). The molecule has 0 saturated heterocycles. The molecule has 0 fully saturated rings. The maximum absolute atomic E-state index is 13.9. The molecule has 5 nitrogen and oxygen atoms in total. The highest BCUT2D eigenvalue weighted by Crippen LogP contribution is 2.31. The zero-order valence-corrected chi connectivity index (χ0v) is 12.9. The zero-order valence-electron chi connectivity index (χ0n) is 12.9. The Kier molecular flexibility index (Phi) is 3.54. The summed E-state index contributed by atoms with van der Waals surface area (Å²) < 4.78 is 13.9. The van der Waals surface area contributed by atoms with Crippen LogP contribution < -0.4 is 0 Å². The number of carbonyl (C=O) groups is 1. The molecule has 0 spiro atoms. The molecule has 2 heterocycles. The van der Waals surface area contributed by atoms with E-state index in [4.69, 9.17) is 0 Å². The number of aliphatic hydroxyl groups excluding tert-OH is 1. The van der Waals surface area contributed by atoms with Gasteiger partial charge in [0.2, 0.25) is 0 Å². The van der Waals surface area contributed by atoms with Gasteiger partial charge in [-0.2, -0.15) is 0 Å². The van der Waals surface area contributed by atoms with Crippen LogP contribution in [-0.4, -0.2) is 39.0 Å². The average Bonchev–Trinajstić information content (AvgIpc) is 3.07. The molecule has 1 aliphatic rings. The first kappa shape index (κ1) is 14.8. The van der Waals surface area contributed by atoms with E-state index in [2.05, 4.69) is 9.97 Å². The van der Waals surface area contributed by atoms with Crippen LogP contribution in [0.2, 0.25) is 0 Å². The molecule has 0 aliphatic carbocycles. The van der Waals surface area contributed by atoms with E-state index < -0.39 is 11.9 Å². The molecule has 2 N–H and O–H groups in total. The van der Waals surface area contributed by atoms with Crippen LogP contribution in [0.3, 0.4) is 0 Å². The molecule has 0 saturated carbocycles. The Bertz CT molecular complexity index is 922. The number of amides is 1. The van der Waals surface area contributed by atoms with Crippen LogP contribution >= 0.6 is 0 Å². The lowest BCUT2D eigenvalue weighted by molar-refractivity contribution is 0.0570. The minimum Gasteiger partial charge on any atom is -0.394 e. The van der Waals surface area contributed by atoms with Gasteiger partial charge in [0.25, 0.3) is 5.91 Å². The van der Waals surface area contributed by atoms with Crippen molar-refractivity contribution in [2.45, 2.75) is 12.5 Å². The fraction of sp³-hybridized carbons (Fsp3) is 0.222. The highest BCUT2D eigenvalue weighted by atomic mass is 19.1. The summed E-state index contributed by atoms with van der Waals surface area (Å²) >= 11 is 0. The van der Waals surface area contributed by atoms with Crippen molar-refractivity contribution in [1.82, 2.24) is 14.9 Å². The molecule has 122 valence electrons. The van der Waals surface area contributed by atoms with E-state index in [0.29, 0.717) is 24.0 Å². The van der Waals surface area contributed by atoms with Crippen LogP contribution in [0.25, 0.3) is 11.0 Å². The second-order valence-corrected chi connectivity index (χ2v) is 5.90. The van der Waals surface area contributed by atoms with Gasteiger partial charge in [0.15, 0.2) is 0 Å². The Morgan fingerprint density at radius 2 is 2.21 bits per heavy atom. The summed E-state index contributed by atoms with van der Waals surface area (Å²) in [6.07, 6.45) is 2.15. The number of aromatic nitrogens is 2. The fourth-order valence-corrected chi connectivity index (χ4v) is 3.42. The van der Waals surface area contributed by atoms with Gasteiger partial charge in [0.1, 0.15) is 11.3 Å². The number of H-pyrrole nitrogens is 1. The maximum Gasteiger partial charge on any atom is 0.256 e. The summed E-state index contributed by atoms with van der Waals surface area (Å²) in [5.74, 6) is -0.812. The minimum absolute atomic E-state index is 0.179. The number of benzene rings is 2. The third-order valence-electron chi connectivity index (χ3n) is 4.56. The Labute approximate surface area is 137 Å². The monoisotopic (exact) mass is 325 g/mol. The van der Waals surface area contributed by atoms with Gasteiger partial charge in [-0.15, -0.1) is 0 Å². The molecule has 24 heavy (non-hydrogen) atoms. The molecule has 6 heteroatoms. The molecule has 1 amide bonds. The van der Waals surface area contributed by atoms with Crippen LogP contribution in [0.15, 0.2) is 42.7 Å². The molecule has 1 unspecified atom stereocenters. The van der Waals surface area contributed by atoms with Crippen molar-refractivity contribution in [1.29, 1.82) is 0 Å². The molecular formula is C18H16FN3O2. The van der Waals surface area contributed by atoms with Crippen molar-refractivity contribution in [2.24, 2.45) is 0 Å². The SMILES string of the molecule is O=C(c1cc(F)cc2[nH]cnc12)N1CCc2ccccc2C1CO. The summed E-state index contributed by atoms with van der Waals surface area (Å²) in [7, 11) is 0. The number of hydrogen-bond acceptors (Lipinski definition) is 3. The van der Waals surface area contributed by atoms with Crippen molar-refractivity contribution in [3.8, 4) is 0 Å². The van der Waals surface area contributed by atoms with Gasteiger partial charge in [0.05, 0.1) is 30.1 Å². The zero-order chi connectivity index (χ0) is 16.7. The Balaban J connectivity index is 1.78. The van der Waals surface area contributed by atoms with Crippen molar-refractivity contribution in [3.63, 3.8) is 0 Å². The van der Waals surface area contributed by atoms with Crippen LogP contribution in [0.5, 0.6) is 0 Å². The summed E-state index contributed by atoms with van der Waals surface area (Å²) in [5.41, 5.74) is 3.20. The van der Waals surface area contributed by atoms with Gasteiger partial charge in [-0.25, -0.2) is 9.37 Å². The number of aromatic amines is 1. The molecule has 4 rings (SSSR count). The number of imidazole rings is 1. The molecule has 0 radical (unpaired) electrons. The Morgan fingerprint density at radius 3 is 3.04 bits per heavy atom. The van der Waals surface area contributed by atoms with Gasteiger partial charge in [-0.05, 0) is 29.7 Å². The molecule has 2 aromatic carbocycles. The van der Waals surface area contributed by atoms with E-state index in [1.807, 2.05) is 24.3 Å². The third-order valence-corrected chi connectivity index (χ3v) is 4.56. The van der Waals surface area contributed by atoms with E-state index in [-0.39, 0.29) is 18.1 Å². The molecule has 3 aromatic rings. The number of halogens is 1. The van der Waals surface area contributed by atoms with Gasteiger partial charge in [-0.1, -0.05) is 24.3 Å². The van der Waals surface area contributed by atoms with Gasteiger partial charge >= 0.3 is 0 Å². The van der Waals surface area contributed by atoms with E-state index in [9.17, 15) is 14.3 Å². The van der Waals surface area contributed by atoms with Gasteiger partial charge < -0.3 is 15.0 Å². The summed E-state index contributed by atoms with van der Waals surface area (Å²) in [4.78, 5) is 21.6. The predicted molar refractivity (Wildman–Crippen MR) is 87.1 cm³/mol. The molecule has 1 aromatic heterocycles. The first-order valence-corrected chi connectivity index (χ1v) is 7.81. The number of nitrogens with zero attached hydrogens (tertiary/aromatic N) is 2. The number of rotatable bonds is 2. The number of aliphatic hydroxyl groups is 1. The van der Waals surface area contributed by atoms with Crippen LogP contribution in [0, 0.1) is 5.82 Å². The molecule has 1 aliphatic heterocycles. The van der Waals surface area contributed by atoms with E-state index >= 15 is 0 Å². The van der Waals surface area contributed by atoms with Crippen molar-refractivity contribution < 1.29 is 14.3 Å². The average molecular weight is 325 g/mol. The second kappa shape index (κ2) is 5.72. The highest BCUT2D eigenvalue weighted by molar-refractivity contribution is 6.05. The largest absolute Gasteiger partial charge is 0.394 e. The third kappa shape index (κ3) is 2.27. The number of nitrogens with one attached hydrogen (secondary N) is 1. The van der Waals surface area contributed by atoms with Gasteiger partial charge in [0, 0.05) is 6.54 Å². The molecule has 1 atom stereocenters. The van der Waals surface area contributed by atoms with Crippen LogP contribution in [0.1, 0.15) is 27.5 Å². The number of carbonyl (C=O) groups excluding carboxylic acids is 1. The second-order valence-electron chi connectivity index (χ2n) is 5.90. The Morgan fingerprint density at radius 1 is 1.38 bits per heavy atom.